The van der Waals surface area contributed by atoms with Crippen LogP contribution >= 0.6 is 11.3 Å². The number of thiazole rings is 1. The van der Waals surface area contributed by atoms with Gasteiger partial charge in [0.2, 0.25) is 0 Å². The van der Waals surface area contributed by atoms with Crippen LogP contribution in [0, 0.1) is 16.7 Å². The third-order valence-electron chi connectivity index (χ3n) is 6.05. The predicted octanol–water partition coefficient (Wildman–Crippen LogP) is 4.41. The van der Waals surface area contributed by atoms with Gasteiger partial charge in [-0.05, 0) is 62.2 Å². The summed E-state index contributed by atoms with van der Waals surface area (Å²) in [5.74, 6) is 0.934. The van der Waals surface area contributed by atoms with Crippen molar-refractivity contribution in [3.8, 4) is 0 Å². The van der Waals surface area contributed by atoms with Crippen molar-refractivity contribution in [1.82, 2.24) is 4.98 Å². The van der Waals surface area contributed by atoms with E-state index in [0.717, 1.165) is 5.92 Å². The van der Waals surface area contributed by atoms with Crippen molar-refractivity contribution >= 4 is 11.3 Å². The van der Waals surface area contributed by atoms with E-state index in [1.54, 1.807) is 0 Å². The van der Waals surface area contributed by atoms with E-state index in [-0.39, 0.29) is 6.04 Å². The molecule has 0 saturated heterocycles. The van der Waals surface area contributed by atoms with Gasteiger partial charge in [0.15, 0.2) is 0 Å². The van der Waals surface area contributed by atoms with E-state index in [1.807, 2.05) is 17.5 Å². The molecule has 2 N–H and O–H groups in total. The van der Waals surface area contributed by atoms with Crippen molar-refractivity contribution in [3.63, 3.8) is 0 Å². The Kier molecular flexibility index (Phi) is 2.56. The molecule has 0 amide bonds. The summed E-state index contributed by atoms with van der Waals surface area (Å²) in [4.78, 5) is 6.08. The summed E-state index contributed by atoms with van der Waals surface area (Å²) in [6.07, 6.45) is 10.5. The zero-order chi connectivity index (χ0) is 14.2. The fourth-order valence-electron chi connectivity index (χ4n) is 6.43. The fourth-order valence-corrected chi connectivity index (χ4v) is 7.49. The van der Waals surface area contributed by atoms with Crippen molar-refractivity contribution in [2.75, 3.05) is 0 Å². The summed E-state index contributed by atoms with van der Waals surface area (Å²) in [5, 5.41) is 1.39. The van der Waals surface area contributed by atoms with Gasteiger partial charge in [-0.1, -0.05) is 13.8 Å². The number of nitrogens with zero attached hydrogens (tertiary/aromatic N) is 1. The van der Waals surface area contributed by atoms with E-state index in [9.17, 15) is 0 Å². The van der Waals surface area contributed by atoms with Gasteiger partial charge in [-0.25, -0.2) is 4.98 Å². The molecule has 3 unspecified atom stereocenters. The molecule has 1 aromatic rings. The quantitative estimate of drug-likeness (QED) is 0.876. The first-order chi connectivity index (χ1) is 9.32. The highest BCUT2D eigenvalue weighted by Gasteiger charge is 2.61. The average Bonchev–Trinajstić information content (AvgIpc) is 2.72. The lowest BCUT2D eigenvalue weighted by molar-refractivity contribution is -0.110. The van der Waals surface area contributed by atoms with Crippen molar-refractivity contribution < 1.29 is 0 Å². The number of rotatable bonds is 2. The molecule has 0 aliphatic heterocycles. The maximum atomic E-state index is 6.04. The largest absolute Gasteiger partial charge is 0.323 e. The molecule has 4 aliphatic carbocycles. The van der Waals surface area contributed by atoms with Crippen molar-refractivity contribution in [1.29, 1.82) is 0 Å². The third-order valence-corrected chi connectivity index (χ3v) is 7.50. The average molecular weight is 290 g/mol. The highest BCUT2D eigenvalue weighted by molar-refractivity contribution is 7.11. The second kappa shape index (κ2) is 3.86. The Morgan fingerprint density at radius 2 is 1.85 bits per heavy atom. The summed E-state index contributed by atoms with van der Waals surface area (Å²) >= 11 is 1.89. The Morgan fingerprint density at radius 1 is 1.20 bits per heavy atom. The first-order valence-electron chi connectivity index (χ1n) is 8.03. The Balaban J connectivity index is 1.76. The predicted molar refractivity (Wildman–Crippen MR) is 83.8 cm³/mol. The summed E-state index contributed by atoms with van der Waals surface area (Å²) in [6, 6.07) is 0.126. The van der Waals surface area contributed by atoms with Gasteiger partial charge in [-0.2, -0.15) is 0 Å². The second-order valence-corrected chi connectivity index (χ2v) is 9.83. The van der Waals surface area contributed by atoms with Crippen LogP contribution in [0.5, 0.6) is 0 Å². The van der Waals surface area contributed by atoms with Crippen LogP contribution in [-0.2, 0) is 5.41 Å². The van der Waals surface area contributed by atoms with E-state index >= 15 is 0 Å². The van der Waals surface area contributed by atoms with E-state index in [4.69, 9.17) is 10.7 Å². The van der Waals surface area contributed by atoms with E-state index in [1.165, 1.54) is 48.4 Å². The van der Waals surface area contributed by atoms with Gasteiger partial charge in [0.25, 0.3) is 0 Å². The first kappa shape index (κ1) is 13.3. The monoisotopic (exact) mass is 290 g/mol. The molecular weight excluding hydrogens is 264 g/mol. The number of hydrogen-bond donors (Lipinski definition) is 1. The maximum absolute atomic E-state index is 6.04. The Labute approximate surface area is 126 Å². The van der Waals surface area contributed by atoms with Crippen LogP contribution in [0.4, 0.5) is 0 Å². The van der Waals surface area contributed by atoms with Gasteiger partial charge >= 0.3 is 0 Å². The van der Waals surface area contributed by atoms with Crippen molar-refractivity contribution in [2.24, 2.45) is 22.5 Å². The molecule has 4 fully saturated rings. The molecule has 0 aromatic carbocycles. The maximum Gasteiger partial charge on any atom is 0.0990 e. The smallest absolute Gasteiger partial charge is 0.0990 e. The van der Waals surface area contributed by atoms with Gasteiger partial charge in [0.05, 0.1) is 5.01 Å². The standard InChI is InChI=1S/C17H26N2S/c1-11(18)13-7-19-14(20-13)17-6-12-4-15(2,9-17)8-16(3,5-12)10-17/h7,11-12H,4-6,8-10,18H2,1-3H3. The molecule has 1 aromatic heterocycles. The molecule has 2 nitrogen and oxygen atoms in total. The van der Waals surface area contributed by atoms with Crippen LogP contribution in [-0.4, -0.2) is 4.98 Å². The van der Waals surface area contributed by atoms with Crippen molar-refractivity contribution in [2.45, 2.75) is 70.8 Å². The molecular formula is C17H26N2S. The molecule has 0 spiro atoms. The van der Waals surface area contributed by atoms with E-state index in [2.05, 4.69) is 20.8 Å². The second-order valence-electron chi connectivity index (χ2n) is 8.77. The number of aromatic nitrogens is 1. The summed E-state index contributed by atoms with van der Waals surface area (Å²) in [6.45, 7) is 7.13. The SMILES string of the molecule is CC(N)c1cnc(C23CC4CC(C)(CC(C)(C4)C2)C3)s1. The van der Waals surface area contributed by atoms with Crippen LogP contribution in [0.1, 0.15) is 75.2 Å². The lowest BCUT2D eigenvalue weighted by Gasteiger charge is -2.64. The molecule has 20 heavy (non-hydrogen) atoms. The third kappa shape index (κ3) is 1.82. The summed E-state index contributed by atoms with van der Waals surface area (Å²) < 4.78 is 0. The Hall–Kier alpha value is -0.410. The van der Waals surface area contributed by atoms with Crippen LogP contribution in [0.25, 0.3) is 0 Å². The Bertz CT molecular complexity index is 529. The van der Waals surface area contributed by atoms with Crippen LogP contribution in [0.3, 0.4) is 0 Å². The summed E-state index contributed by atoms with van der Waals surface area (Å²) in [7, 11) is 0. The minimum Gasteiger partial charge on any atom is -0.323 e. The first-order valence-corrected chi connectivity index (χ1v) is 8.85. The Morgan fingerprint density at radius 3 is 2.35 bits per heavy atom. The van der Waals surface area contributed by atoms with Crippen LogP contribution in [0.2, 0.25) is 0 Å². The van der Waals surface area contributed by atoms with E-state index < -0.39 is 0 Å². The molecule has 3 atom stereocenters. The topological polar surface area (TPSA) is 38.9 Å². The fraction of sp³-hybridized carbons (Fsp3) is 0.824. The van der Waals surface area contributed by atoms with Gasteiger partial charge in [0, 0.05) is 22.5 Å². The highest BCUT2D eigenvalue weighted by Crippen LogP contribution is 2.70. The zero-order valence-corrected chi connectivity index (χ0v) is 13.7. The van der Waals surface area contributed by atoms with E-state index in [0.29, 0.717) is 16.2 Å². The summed E-state index contributed by atoms with van der Waals surface area (Å²) in [5.41, 5.74) is 7.54. The minimum atomic E-state index is 0.126. The van der Waals surface area contributed by atoms with Gasteiger partial charge in [0.1, 0.15) is 0 Å². The molecule has 4 saturated carbocycles. The molecule has 1 heterocycles. The van der Waals surface area contributed by atoms with Gasteiger partial charge in [-0.15, -0.1) is 11.3 Å². The van der Waals surface area contributed by atoms with Gasteiger partial charge < -0.3 is 5.73 Å². The zero-order valence-electron chi connectivity index (χ0n) is 12.9. The minimum absolute atomic E-state index is 0.126. The highest BCUT2D eigenvalue weighted by atomic mass is 32.1. The van der Waals surface area contributed by atoms with Crippen LogP contribution < -0.4 is 5.73 Å². The molecule has 5 rings (SSSR count). The normalized spacial score (nSPS) is 47.7. The molecule has 3 heteroatoms. The molecule has 4 bridgehead atoms. The number of hydrogen-bond acceptors (Lipinski definition) is 3. The lowest BCUT2D eigenvalue weighted by atomic mass is 9.40. The molecule has 0 radical (unpaired) electrons. The molecule has 110 valence electrons. The van der Waals surface area contributed by atoms with Gasteiger partial charge in [-0.3, -0.25) is 0 Å². The number of nitrogens with two attached hydrogens (primary N) is 1. The molecule has 4 aliphatic rings. The lowest BCUT2D eigenvalue weighted by Crippen LogP contribution is -2.56. The van der Waals surface area contributed by atoms with Crippen molar-refractivity contribution in [3.05, 3.63) is 16.1 Å². The van der Waals surface area contributed by atoms with Crippen LogP contribution in [0.15, 0.2) is 6.20 Å².